The molecule has 0 bridgehead atoms. The lowest BCUT2D eigenvalue weighted by atomic mass is 10.1. The predicted molar refractivity (Wildman–Crippen MR) is 131 cm³/mol. The summed E-state index contributed by atoms with van der Waals surface area (Å²) in [5.41, 5.74) is 6.42. The van der Waals surface area contributed by atoms with Crippen molar-refractivity contribution in [2.75, 3.05) is 0 Å². The molecule has 0 N–H and O–H groups in total. The summed E-state index contributed by atoms with van der Waals surface area (Å²) in [5, 5.41) is 2.79. The Morgan fingerprint density at radius 1 is 0.719 bits per heavy atom. The molecule has 0 fully saturated rings. The van der Waals surface area contributed by atoms with E-state index in [4.69, 9.17) is 4.74 Å². The quantitative estimate of drug-likeness (QED) is 0.288. The van der Waals surface area contributed by atoms with Crippen LogP contribution in [-0.4, -0.2) is 4.40 Å². The molecule has 3 nitrogen and oxygen atoms in total. The van der Waals surface area contributed by atoms with Crippen LogP contribution in [0.25, 0.3) is 38.4 Å². The van der Waals surface area contributed by atoms with Crippen LogP contribution in [0.4, 0.5) is 0 Å². The summed E-state index contributed by atoms with van der Waals surface area (Å²) in [6, 6.07) is 30.4. The second kappa shape index (κ2) is 6.96. The van der Waals surface area contributed by atoms with Gasteiger partial charge in [0.1, 0.15) is 5.75 Å². The van der Waals surface area contributed by atoms with Gasteiger partial charge >= 0.3 is 0 Å². The summed E-state index contributed by atoms with van der Waals surface area (Å²) in [4.78, 5) is 13.5. The van der Waals surface area contributed by atoms with Crippen molar-refractivity contribution in [3.8, 4) is 22.8 Å². The van der Waals surface area contributed by atoms with E-state index in [2.05, 4.69) is 66.8 Å². The zero-order valence-electron chi connectivity index (χ0n) is 17.9. The van der Waals surface area contributed by atoms with Crippen LogP contribution in [0.3, 0.4) is 0 Å². The van der Waals surface area contributed by atoms with Gasteiger partial charge in [0.05, 0.1) is 22.1 Å². The van der Waals surface area contributed by atoms with Gasteiger partial charge in [0, 0.05) is 5.39 Å². The molecule has 0 aliphatic heterocycles. The SMILES string of the molecule is Cc1ccc(-c2cc3c(=O)c(Oc4ccccc4)cc4cc5cc(C)ccc5n2c43)cc1. The van der Waals surface area contributed by atoms with E-state index in [9.17, 15) is 4.79 Å². The number of ether oxygens (including phenoxy) is 1. The minimum Gasteiger partial charge on any atom is -0.453 e. The van der Waals surface area contributed by atoms with Gasteiger partial charge in [0.15, 0.2) is 5.75 Å². The molecule has 6 aromatic rings. The van der Waals surface area contributed by atoms with Crippen molar-refractivity contribution >= 4 is 27.2 Å². The van der Waals surface area contributed by atoms with Gasteiger partial charge < -0.3 is 9.14 Å². The third-order valence-electron chi connectivity index (χ3n) is 6.08. The molecule has 0 aliphatic carbocycles. The topological polar surface area (TPSA) is 30.7 Å². The second-order valence-electron chi connectivity index (χ2n) is 8.41. The number of hydrogen-bond acceptors (Lipinski definition) is 2. The summed E-state index contributed by atoms with van der Waals surface area (Å²) in [6.07, 6.45) is 0. The number of hydrogen-bond donors (Lipinski definition) is 0. The molecule has 154 valence electrons. The Labute approximate surface area is 185 Å². The van der Waals surface area contributed by atoms with Crippen LogP contribution in [-0.2, 0) is 0 Å². The lowest BCUT2D eigenvalue weighted by molar-refractivity contribution is 0.480. The van der Waals surface area contributed by atoms with Crippen LogP contribution < -0.4 is 10.2 Å². The lowest BCUT2D eigenvalue weighted by Gasteiger charge is -2.12. The Morgan fingerprint density at radius 3 is 2.25 bits per heavy atom. The van der Waals surface area contributed by atoms with E-state index in [0.717, 1.165) is 33.1 Å². The summed E-state index contributed by atoms with van der Waals surface area (Å²) < 4.78 is 8.24. The number of para-hydroxylation sites is 1. The molecule has 6 rings (SSSR count). The lowest BCUT2D eigenvalue weighted by Crippen LogP contribution is -2.05. The van der Waals surface area contributed by atoms with Gasteiger partial charge in [-0.1, -0.05) is 59.7 Å². The predicted octanol–water partition coefficient (Wildman–Crippen LogP) is 7.12. The zero-order chi connectivity index (χ0) is 21.8. The van der Waals surface area contributed by atoms with Gasteiger partial charge in [0.25, 0.3) is 0 Å². The maximum atomic E-state index is 13.5. The van der Waals surface area contributed by atoms with Crippen molar-refractivity contribution < 1.29 is 4.74 Å². The molecule has 0 amide bonds. The average molecular weight is 415 g/mol. The summed E-state index contributed by atoms with van der Waals surface area (Å²) >= 11 is 0. The first kappa shape index (κ1) is 18.6. The summed E-state index contributed by atoms with van der Waals surface area (Å²) in [7, 11) is 0. The van der Waals surface area contributed by atoms with E-state index in [1.807, 2.05) is 42.5 Å². The first-order valence-electron chi connectivity index (χ1n) is 10.7. The summed E-state index contributed by atoms with van der Waals surface area (Å²) in [6.45, 7) is 4.18. The highest BCUT2D eigenvalue weighted by atomic mass is 16.5. The standard InChI is InChI=1S/C29H21NO2/c1-18-8-11-20(12-9-18)26-17-24-28-22(15-21-14-19(2)10-13-25(21)30(26)28)16-27(29(24)31)32-23-6-4-3-5-7-23/h3-17H,1-2H3. The first-order valence-corrected chi connectivity index (χ1v) is 10.7. The Hall–Kier alpha value is -4.11. The Balaban J connectivity index is 1.72. The number of aryl methyl sites for hydroxylation is 2. The number of aromatic nitrogens is 1. The largest absolute Gasteiger partial charge is 0.453 e. The van der Waals surface area contributed by atoms with Gasteiger partial charge in [-0.2, -0.15) is 0 Å². The van der Waals surface area contributed by atoms with Gasteiger partial charge in [-0.05, 0) is 67.3 Å². The van der Waals surface area contributed by atoms with Crippen LogP contribution in [0, 0.1) is 13.8 Å². The van der Waals surface area contributed by atoms with E-state index in [-0.39, 0.29) is 5.43 Å². The minimum absolute atomic E-state index is 0.0938. The van der Waals surface area contributed by atoms with E-state index in [1.54, 1.807) is 0 Å². The molecule has 32 heavy (non-hydrogen) atoms. The smallest absolute Gasteiger partial charge is 0.230 e. The first-order chi connectivity index (χ1) is 15.6. The molecule has 0 radical (unpaired) electrons. The van der Waals surface area contributed by atoms with E-state index in [0.29, 0.717) is 16.9 Å². The van der Waals surface area contributed by atoms with Gasteiger partial charge in [-0.3, -0.25) is 4.79 Å². The molecule has 2 aromatic heterocycles. The maximum Gasteiger partial charge on any atom is 0.230 e. The Bertz CT molecular complexity index is 1660. The minimum atomic E-state index is -0.0938. The number of benzene rings is 4. The number of pyridine rings is 1. The second-order valence-corrected chi connectivity index (χ2v) is 8.41. The average Bonchev–Trinajstić information content (AvgIpc) is 3.20. The molecule has 0 saturated carbocycles. The number of fused-ring (bicyclic) bond motifs is 2. The van der Waals surface area contributed by atoms with Crippen LogP contribution >= 0.6 is 0 Å². The van der Waals surface area contributed by atoms with Gasteiger partial charge in [-0.25, -0.2) is 0 Å². The maximum absolute atomic E-state index is 13.5. The molecule has 0 saturated heterocycles. The highest BCUT2D eigenvalue weighted by Gasteiger charge is 2.19. The van der Waals surface area contributed by atoms with Crippen molar-refractivity contribution in [1.82, 2.24) is 4.40 Å². The number of nitrogens with zero attached hydrogens (tertiary/aromatic N) is 1. The highest BCUT2D eigenvalue weighted by molar-refractivity contribution is 6.06. The van der Waals surface area contributed by atoms with Crippen LogP contribution in [0.2, 0.25) is 0 Å². The monoisotopic (exact) mass is 415 g/mol. The van der Waals surface area contributed by atoms with E-state index in [1.165, 1.54) is 11.1 Å². The molecule has 0 aliphatic rings. The van der Waals surface area contributed by atoms with Crippen molar-refractivity contribution in [1.29, 1.82) is 0 Å². The van der Waals surface area contributed by atoms with E-state index < -0.39 is 0 Å². The van der Waals surface area contributed by atoms with Crippen molar-refractivity contribution in [3.05, 3.63) is 112 Å². The third-order valence-corrected chi connectivity index (χ3v) is 6.08. The van der Waals surface area contributed by atoms with Gasteiger partial charge in [0.2, 0.25) is 5.43 Å². The molecule has 0 atom stereocenters. The van der Waals surface area contributed by atoms with Crippen LogP contribution in [0.5, 0.6) is 11.5 Å². The van der Waals surface area contributed by atoms with Crippen molar-refractivity contribution in [2.24, 2.45) is 0 Å². The van der Waals surface area contributed by atoms with Crippen molar-refractivity contribution in [3.63, 3.8) is 0 Å². The fourth-order valence-electron chi connectivity index (χ4n) is 4.53. The molecular weight excluding hydrogens is 394 g/mol. The van der Waals surface area contributed by atoms with Crippen molar-refractivity contribution in [2.45, 2.75) is 13.8 Å². The molecule has 2 heterocycles. The fraction of sp³-hybridized carbons (Fsp3) is 0.0690. The Kier molecular flexibility index (Phi) is 4.05. The van der Waals surface area contributed by atoms with Crippen LogP contribution in [0.1, 0.15) is 11.1 Å². The van der Waals surface area contributed by atoms with Crippen LogP contribution in [0.15, 0.2) is 95.8 Å². The molecule has 0 unspecified atom stereocenters. The van der Waals surface area contributed by atoms with Gasteiger partial charge in [-0.15, -0.1) is 0 Å². The molecular formula is C29H21NO2. The Morgan fingerprint density at radius 2 is 1.47 bits per heavy atom. The number of rotatable bonds is 3. The fourth-order valence-corrected chi connectivity index (χ4v) is 4.53. The molecule has 0 spiro atoms. The summed E-state index contributed by atoms with van der Waals surface area (Å²) in [5.74, 6) is 1.00. The normalized spacial score (nSPS) is 11.6. The highest BCUT2D eigenvalue weighted by Crippen LogP contribution is 2.36. The molecule has 3 heteroatoms. The van der Waals surface area contributed by atoms with E-state index >= 15 is 0 Å². The zero-order valence-corrected chi connectivity index (χ0v) is 17.9. The third kappa shape index (κ3) is 2.86. The molecule has 4 aromatic carbocycles.